The van der Waals surface area contributed by atoms with E-state index in [9.17, 15) is 15.3 Å². The standard InChI is InChI=1S/C29H46O3/c1-20(2)12-9-13-21(3)14-10-15-22(4)16-11-18-29(8,32)19-17-26-24(6)23(5)25(7)27(30)28(26)31/h12,14,16,30-32H,9-11,13,15,17-19H2,1-8H3/b21-14+,22-16+. The SMILES string of the molecule is CC(C)=CCC/C(C)=C/CC/C(C)=C/CCC(C)(O)CCc1c(C)c(C)c(C)c(O)c1O. The van der Waals surface area contributed by atoms with Gasteiger partial charge in [-0.25, -0.2) is 0 Å². The monoisotopic (exact) mass is 442 g/mol. The van der Waals surface area contributed by atoms with Gasteiger partial charge in [-0.05, 0) is 123 Å². The molecule has 1 atom stereocenters. The molecule has 3 heteroatoms. The van der Waals surface area contributed by atoms with Crippen molar-refractivity contribution in [3.63, 3.8) is 0 Å². The average molecular weight is 443 g/mol. The molecule has 0 aromatic heterocycles. The van der Waals surface area contributed by atoms with Crippen molar-refractivity contribution in [1.82, 2.24) is 0 Å². The molecule has 1 rings (SSSR count). The summed E-state index contributed by atoms with van der Waals surface area (Å²) in [6.07, 6.45) is 13.8. The molecule has 3 nitrogen and oxygen atoms in total. The van der Waals surface area contributed by atoms with E-state index >= 15 is 0 Å². The van der Waals surface area contributed by atoms with Crippen molar-refractivity contribution in [1.29, 1.82) is 0 Å². The fourth-order valence-electron chi connectivity index (χ4n) is 3.98. The van der Waals surface area contributed by atoms with Crippen LogP contribution in [-0.2, 0) is 6.42 Å². The third-order valence-corrected chi connectivity index (χ3v) is 6.66. The van der Waals surface area contributed by atoms with Gasteiger partial charge in [-0.1, -0.05) is 34.9 Å². The van der Waals surface area contributed by atoms with E-state index in [-0.39, 0.29) is 11.5 Å². The smallest absolute Gasteiger partial charge is 0.161 e. The molecule has 0 radical (unpaired) electrons. The molecule has 32 heavy (non-hydrogen) atoms. The summed E-state index contributed by atoms with van der Waals surface area (Å²) in [5.74, 6) is -0.0798. The molecule has 0 aliphatic heterocycles. The summed E-state index contributed by atoms with van der Waals surface area (Å²) >= 11 is 0. The van der Waals surface area contributed by atoms with E-state index in [2.05, 4.69) is 45.9 Å². The lowest BCUT2D eigenvalue weighted by Gasteiger charge is -2.24. The second-order valence-electron chi connectivity index (χ2n) is 10.0. The molecule has 0 aliphatic rings. The third kappa shape index (κ3) is 9.24. The Hall–Kier alpha value is -2.00. The number of allylic oxidation sites excluding steroid dienone is 6. The third-order valence-electron chi connectivity index (χ3n) is 6.66. The Morgan fingerprint density at radius 2 is 1.25 bits per heavy atom. The van der Waals surface area contributed by atoms with Crippen molar-refractivity contribution < 1.29 is 15.3 Å². The highest BCUT2D eigenvalue weighted by atomic mass is 16.3. The molecule has 1 aromatic rings. The highest BCUT2D eigenvalue weighted by Crippen LogP contribution is 2.39. The normalized spacial score (nSPS) is 14.4. The zero-order valence-electron chi connectivity index (χ0n) is 21.7. The average Bonchev–Trinajstić information content (AvgIpc) is 2.70. The van der Waals surface area contributed by atoms with Crippen LogP contribution in [0.4, 0.5) is 0 Å². The Bertz CT molecular complexity index is 821. The van der Waals surface area contributed by atoms with Crippen molar-refractivity contribution in [3.05, 3.63) is 57.2 Å². The van der Waals surface area contributed by atoms with Crippen LogP contribution < -0.4 is 0 Å². The Morgan fingerprint density at radius 1 is 0.719 bits per heavy atom. The van der Waals surface area contributed by atoms with Crippen molar-refractivity contribution in [2.45, 2.75) is 112 Å². The van der Waals surface area contributed by atoms with E-state index in [4.69, 9.17) is 0 Å². The van der Waals surface area contributed by atoms with Crippen LogP contribution in [0.25, 0.3) is 0 Å². The van der Waals surface area contributed by atoms with Gasteiger partial charge in [-0.2, -0.15) is 0 Å². The van der Waals surface area contributed by atoms with E-state index in [1.165, 1.54) is 16.7 Å². The molecule has 0 heterocycles. The maximum atomic E-state index is 10.8. The van der Waals surface area contributed by atoms with E-state index in [0.29, 0.717) is 24.8 Å². The van der Waals surface area contributed by atoms with Crippen LogP contribution in [0.2, 0.25) is 0 Å². The second-order valence-corrected chi connectivity index (χ2v) is 10.0. The van der Waals surface area contributed by atoms with Gasteiger partial charge in [0, 0.05) is 5.56 Å². The molecule has 180 valence electrons. The predicted octanol–water partition coefficient (Wildman–Crippen LogP) is 7.91. The Kier molecular flexibility index (Phi) is 11.3. The van der Waals surface area contributed by atoms with Crippen molar-refractivity contribution in [3.8, 4) is 11.5 Å². The van der Waals surface area contributed by atoms with E-state index in [0.717, 1.165) is 48.8 Å². The number of phenols is 2. The zero-order chi connectivity index (χ0) is 24.5. The van der Waals surface area contributed by atoms with Gasteiger partial charge >= 0.3 is 0 Å². The number of phenolic OH excluding ortho intramolecular Hbond substituents is 2. The predicted molar refractivity (Wildman–Crippen MR) is 138 cm³/mol. The molecule has 0 aliphatic carbocycles. The molecule has 0 spiro atoms. The molecule has 3 N–H and O–H groups in total. The van der Waals surface area contributed by atoms with Gasteiger partial charge in [0.05, 0.1) is 5.60 Å². The van der Waals surface area contributed by atoms with Gasteiger partial charge < -0.3 is 15.3 Å². The van der Waals surface area contributed by atoms with Gasteiger partial charge in [-0.15, -0.1) is 0 Å². The minimum Gasteiger partial charge on any atom is -0.504 e. The summed E-state index contributed by atoms with van der Waals surface area (Å²) < 4.78 is 0. The Balaban J connectivity index is 2.53. The maximum absolute atomic E-state index is 10.8. The van der Waals surface area contributed by atoms with Gasteiger partial charge in [0.25, 0.3) is 0 Å². The summed E-state index contributed by atoms with van der Waals surface area (Å²) in [4.78, 5) is 0. The van der Waals surface area contributed by atoms with Crippen LogP contribution in [0.15, 0.2) is 34.9 Å². The van der Waals surface area contributed by atoms with Crippen LogP contribution in [0, 0.1) is 20.8 Å². The van der Waals surface area contributed by atoms with E-state index < -0.39 is 5.60 Å². The Morgan fingerprint density at radius 3 is 1.81 bits per heavy atom. The Labute approximate surface area is 196 Å². The highest BCUT2D eigenvalue weighted by Gasteiger charge is 2.23. The minimum absolute atomic E-state index is 0.0393. The second kappa shape index (κ2) is 12.9. The first-order chi connectivity index (χ1) is 14.9. The first-order valence-electron chi connectivity index (χ1n) is 12.0. The molecular formula is C29H46O3. The lowest BCUT2D eigenvalue weighted by molar-refractivity contribution is 0.0431. The molecule has 0 fully saturated rings. The van der Waals surface area contributed by atoms with Crippen LogP contribution >= 0.6 is 0 Å². The molecule has 0 bridgehead atoms. The van der Waals surface area contributed by atoms with Crippen LogP contribution in [-0.4, -0.2) is 20.9 Å². The highest BCUT2D eigenvalue weighted by molar-refractivity contribution is 5.57. The van der Waals surface area contributed by atoms with Gasteiger partial charge in [0.2, 0.25) is 0 Å². The quantitative estimate of drug-likeness (QED) is 0.228. The van der Waals surface area contributed by atoms with E-state index in [1.54, 1.807) is 0 Å². The van der Waals surface area contributed by atoms with Gasteiger partial charge in [0.1, 0.15) is 0 Å². The largest absolute Gasteiger partial charge is 0.504 e. The lowest BCUT2D eigenvalue weighted by atomic mass is 9.88. The molecule has 0 saturated carbocycles. The molecular weight excluding hydrogens is 396 g/mol. The van der Waals surface area contributed by atoms with Crippen molar-refractivity contribution >= 4 is 0 Å². The van der Waals surface area contributed by atoms with Crippen LogP contribution in [0.3, 0.4) is 0 Å². The summed E-state index contributed by atoms with van der Waals surface area (Å²) in [7, 11) is 0. The summed E-state index contributed by atoms with van der Waals surface area (Å²) in [5.41, 5.74) is 6.83. The fraction of sp³-hybridized carbons (Fsp3) is 0.586. The first kappa shape index (κ1) is 28.0. The zero-order valence-corrected chi connectivity index (χ0v) is 21.7. The summed E-state index contributed by atoms with van der Waals surface area (Å²) in [5, 5.41) is 31.4. The van der Waals surface area contributed by atoms with E-state index in [1.807, 2.05) is 27.7 Å². The molecule has 1 aromatic carbocycles. The number of aliphatic hydroxyl groups is 1. The maximum Gasteiger partial charge on any atom is 0.161 e. The molecule has 0 amide bonds. The molecule has 1 unspecified atom stereocenters. The lowest BCUT2D eigenvalue weighted by Crippen LogP contribution is -2.24. The fourth-order valence-corrected chi connectivity index (χ4v) is 3.98. The number of hydrogen-bond donors (Lipinski definition) is 3. The van der Waals surface area contributed by atoms with Crippen molar-refractivity contribution in [2.24, 2.45) is 0 Å². The summed E-state index contributed by atoms with van der Waals surface area (Å²) in [6, 6.07) is 0. The number of aromatic hydroxyl groups is 2. The first-order valence-corrected chi connectivity index (χ1v) is 12.0. The van der Waals surface area contributed by atoms with Crippen molar-refractivity contribution in [2.75, 3.05) is 0 Å². The van der Waals surface area contributed by atoms with Crippen LogP contribution in [0.5, 0.6) is 11.5 Å². The topological polar surface area (TPSA) is 60.7 Å². The number of rotatable bonds is 12. The van der Waals surface area contributed by atoms with Gasteiger partial charge in [0.15, 0.2) is 11.5 Å². The number of hydrogen-bond acceptors (Lipinski definition) is 3. The van der Waals surface area contributed by atoms with Crippen LogP contribution in [0.1, 0.15) is 102 Å². The molecule has 0 saturated heterocycles. The number of benzene rings is 1. The van der Waals surface area contributed by atoms with Gasteiger partial charge in [-0.3, -0.25) is 0 Å². The minimum atomic E-state index is -0.814. The summed E-state index contributed by atoms with van der Waals surface area (Å²) in [6.45, 7) is 16.3.